The number of aliphatic imine (C=N–C) groups is 1. The lowest BCUT2D eigenvalue weighted by Crippen LogP contribution is -2.41. The third-order valence-electron chi connectivity index (χ3n) is 4.28. The molecule has 1 aromatic rings. The molecule has 0 saturated carbocycles. The van der Waals surface area contributed by atoms with Crippen LogP contribution in [0.1, 0.15) is 31.2 Å². The Morgan fingerprint density at radius 2 is 1.85 bits per heavy atom. The minimum atomic E-state index is -2.83. The summed E-state index contributed by atoms with van der Waals surface area (Å²) in [5, 5.41) is 6.42. The first-order chi connectivity index (χ1) is 12.2. The summed E-state index contributed by atoms with van der Waals surface area (Å²) in [7, 11) is 1.70. The van der Waals surface area contributed by atoms with Gasteiger partial charge >= 0.3 is 6.61 Å². The van der Waals surface area contributed by atoms with Crippen molar-refractivity contribution in [2.45, 2.75) is 38.8 Å². The van der Waals surface area contributed by atoms with Crippen LogP contribution in [-0.2, 0) is 6.54 Å². The van der Waals surface area contributed by atoms with E-state index in [0.717, 1.165) is 26.2 Å². The molecule has 148 valence electrons. The Kier molecular flexibility index (Phi) is 11.5. The van der Waals surface area contributed by atoms with Gasteiger partial charge in [-0.3, -0.25) is 4.99 Å². The van der Waals surface area contributed by atoms with Crippen LogP contribution in [0.2, 0.25) is 0 Å². The van der Waals surface area contributed by atoms with Gasteiger partial charge in [0, 0.05) is 32.2 Å². The van der Waals surface area contributed by atoms with E-state index in [9.17, 15) is 8.78 Å². The second-order valence-corrected chi connectivity index (χ2v) is 6.09. The average molecular weight is 482 g/mol. The van der Waals surface area contributed by atoms with Gasteiger partial charge in [-0.25, -0.2) is 0 Å². The number of rotatable bonds is 7. The van der Waals surface area contributed by atoms with Crippen LogP contribution in [0.4, 0.5) is 8.78 Å². The Hall–Kier alpha value is -1.16. The lowest BCUT2D eigenvalue weighted by molar-refractivity contribution is -0.0504. The molecule has 1 aliphatic heterocycles. The fourth-order valence-corrected chi connectivity index (χ4v) is 2.95. The van der Waals surface area contributed by atoms with Crippen LogP contribution < -0.4 is 15.4 Å². The molecular weight excluding hydrogens is 453 g/mol. The van der Waals surface area contributed by atoms with Gasteiger partial charge in [0.05, 0.1) is 0 Å². The van der Waals surface area contributed by atoms with Crippen molar-refractivity contribution in [2.24, 2.45) is 4.99 Å². The standard InChI is InChI=1S/C18H28F2N4O.HI/c1-21-18(22-10-13-24-11-6-2-3-7-12-24)23-14-15-8-4-5-9-16(15)25-17(19)20;/h4-5,8-9,17H,2-3,6-7,10-14H2,1H3,(H2,21,22,23);1H. The highest BCUT2D eigenvalue weighted by Crippen LogP contribution is 2.19. The van der Waals surface area contributed by atoms with Gasteiger partial charge in [-0.15, -0.1) is 24.0 Å². The van der Waals surface area contributed by atoms with Crippen molar-refractivity contribution < 1.29 is 13.5 Å². The molecule has 1 fully saturated rings. The van der Waals surface area contributed by atoms with Crippen LogP contribution in [0.15, 0.2) is 29.3 Å². The number of guanidine groups is 1. The number of nitrogens with one attached hydrogen (secondary N) is 2. The minimum absolute atomic E-state index is 0. The number of nitrogens with zero attached hydrogens (tertiary/aromatic N) is 2. The van der Waals surface area contributed by atoms with Gasteiger partial charge in [-0.05, 0) is 32.0 Å². The minimum Gasteiger partial charge on any atom is -0.434 e. The molecule has 0 spiro atoms. The normalized spacial score (nSPS) is 15.9. The van der Waals surface area contributed by atoms with Crippen LogP contribution in [0.25, 0.3) is 0 Å². The number of ether oxygens (including phenoxy) is 1. The van der Waals surface area contributed by atoms with Gasteiger partial charge in [0.25, 0.3) is 0 Å². The first-order valence-corrected chi connectivity index (χ1v) is 8.88. The maximum absolute atomic E-state index is 12.5. The van der Waals surface area contributed by atoms with Gasteiger partial charge in [0.1, 0.15) is 5.75 Å². The summed E-state index contributed by atoms with van der Waals surface area (Å²) in [6.45, 7) is 1.64. The number of halogens is 3. The van der Waals surface area contributed by atoms with E-state index in [2.05, 4.69) is 25.3 Å². The number of hydrogen-bond donors (Lipinski definition) is 2. The van der Waals surface area contributed by atoms with Crippen molar-refractivity contribution in [1.29, 1.82) is 0 Å². The Morgan fingerprint density at radius 1 is 1.15 bits per heavy atom. The smallest absolute Gasteiger partial charge is 0.387 e. The molecule has 1 heterocycles. The van der Waals surface area contributed by atoms with Crippen molar-refractivity contribution in [3.8, 4) is 5.75 Å². The number of hydrogen-bond acceptors (Lipinski definition) is 3. The van der Waals surface area contributed by atoms with Gasteiger partial charge < -0.3 is 20.3 Å². The second-order valence-electron chi connectivity index (χ2n) is 6.09. The number of alkyl halides is 2. The third-order valence-corrected chi connectivity index (χ3v) is 4.28. The molecular formula is C18H29F2IN4O. The first kappa shape index (κ1) is 22.9. The predicted molar refractivity (Wildman–Crippen MR) is 112 cm³/mol. The monoisotopic (exact) mass is 482 g/mol. The first-order valence-electron chi connectivity index (χ1n) is 8.88. The molecule has 26 heavy (non-hydrogen) atoms. The quantitative estimate of drug-likeness (QED) is 0.355. The summed E-state index contributed by atoms with van der Waals surface area (Å²) in [6.07, 6.45) is 5.20. The largest absolute Gasteiger partial charge is 0.434 e. The van der Waals surface area contributed by atoms with E-state index in [1.165, 1.54) is 25.7 Å². The van der Waals surface area contributed by atoms with Crippen molar-refractivity contribution in [3.63, 3.8) is 0 Å². The number of likely N-dealkylation sites (tertiary alicyclic amines) is 1. The highest BCUT2D eigenvalue weighted by Gasteiger charge is 2.10. The summed E-state index contributed by atoms with van der Waals surface area (Å²) in [4.78, 5) is 6.65. The van der Waals surface area contributed by atoms with E-state index in [-0.39, 0.29) is 29.7 Å². The molecule has 0 unspecified atom stereocenters. The lowest BCUT2D eigenvalue weighted by atomic mass is 10.2. The van der Waals surface area contributed by atoms with Crippen molar-refractivity contribution in [2.75, 3.05) is 33.2 Å². The summed E-state index contributed by atoms with van der Waals surface area (Å²) in [5.41, 5.74) is 0.665. The molecule has 1 aromatic carbocycles. The molecule has 5 nitrogen and oxygen atoms in total. The second kappa shape index (κ2) is 13.1. The zero-order valence-corrected chi connectivity index (χ0v) is 17.5. The van der Waals surface area contributed by atoms with Crippen molar-refractivity contribution in [1.82, 2.24) is 15.5 Å². The lowest BCUT2D eigenvalue weighted by Gasteiger charge is -2.21. The summed E-state index contributed by atoms with van der Waals surface area (Å²) < 4.78 is 29.5. The molecule has 0 aromatic heterocycles. The maximum Gasteiger partial charge on any atom is 0.387 e. The van der Waals surface area contributed by atoms with Gasteiger partial charge in [0.2, 0.25) is 0 Å². The zero-order valence-electron chi connectivity index (χ0n) is 15.2. The fourth-order valence-electron chi connectivity index (χ4n) is 2.95. The van der Waals surface area contributed by atoms with Gasteiger partial charge in [-0.2, -0.15) is 8.78 Å². The Morgan fingerprint density at radius 3 is 2.50 bits per heavy atom. The summed E-state index contributed by atoms with van der Waals surface area (Å²) >= 11 is 0. The summed E-state index contributed by atoms with van der Waals surface area (Å²) in [6, 6.07) is 6.77. The molecule has 0 aliphatic carbocycles. The molecule has 0 atom stereocenters. The molecule has 0 bridgehead atoms. The molecule has 2 rings (SSSR count). The molecule has 2 N–H and O–H groups in total. The molecule has 0 radical (unpaired) electrons. The van der Waals surface area contributed by atoms with Crippen molar-refractivity contribution in [3.05, 3.63) is 29.8 Å². The van der Waals surface area contributed by atoms with E-state index in [0.29, 0.717) is 18.1 Å². The van der Waals surface area contributed by atoms with E-state index in [1.807, 2.05) is 0 Å². The van der Waals surface area contributed by atoms with E-state index in [1.54, 1.807) is 31.3 Å². The van der Waals surface area contributed by atoms with E-state index in [4.69, 9.17) is 0 Å². The zero-order chi connectivity index (χ0) is 17.9. The fraction of sp³-hybridized carbons (Fsp3) is 0.611. The van der Waals surface area contributed by atoms with Gasteiger partial charge in [0.15, 0.2) is 5.96 Å². The maximum atomic E-state index is 12.5. The van der Waals surface area contributed by atoms with E-state index < -0.39 is 6.61 Å². The van der Waals surface area contributed by atoms with Crippen LogP contribution in [-0.4, -0.2) is 50.7 Å². The number of para-hydroxylation sites is 1. The van der Waals surface area contributed by atoms with Crippen LogP contribution in [0.5, 0.6) is 5.75 Å². The van der Waals surface area contributed by atoms with Gasteiger partial charge in [-0.1, -0.05) is 31.0 Å². The average Bonchev–Trinajstić information content (AvgIpc) is 2.87. The summed E-state index contributed by atoms with van der Waals surface area (Å²) in [5.74, 6) is 0.840. The SMILES string of the molecule is CN=C(NCCN1CCCCCC1)NCc1ccccc1OC(F)F.I. The highest BCUT2D eigenvalue weighted by molar-refractivity contribution is 14.0. The topological polar surface area (TPSA) is 48.9 Å². The van der Waals surface area contributed by atoms with Crippen LogP contribution >= 0.6 is 24.0 Å². The Labute approximate surface area is 171 Å². The molecule has 1 aliphatic rings. The Bertz CT molecular complexity index is 538. The van der Waals surface area contributed by atoms with Crippen LogP contribution in [0, 0.1) is 0 Å². The molecule has 0 amide bonds. The molecule has 1 saturated heterocycles. The number of benzene rings is 1. The van der Waals surface area contributed by atoms with E-state index >= 15 is 0 Å². The predicted octanol–water partition coefficient (Wildman–Crippen LogP) is 3.45. The molecule has 8 heteroatoms. The van der Waals surface area contributed by atoms with Crippen molar-refractivity contribution >= 4 is 29.9 Å². The highest BCUT2D eigenvalue weighted by atomic mass is 127. The Balaban J connectivity index is 0.00000338. The van der Waals surface area contributed by atoms with Crippen LogP contribution in [0.3, 0.4) is 0 Å². The third kappa shape index (κ3) is 8.48.